The number of imide groups is 1. The lowest BCUT2D eigenvalue weighted by molar-refractivity contribution is -0.143. The van der Waals surface area contributed by atoms with Crippen LogP contribution in [0.15, 0.2) is 48.5 Å². The van der Waals surface area contributed by atoms with Crippen molar-refractivity contribution in [1.82, 2.24) is 10.2 Å². The van der Waals surface area contributed by atoms with Crippen LogP contribution in [-0.4, -0.2) is 46.4 Å². The summed E-state index contributed by atoms with van der Waals surface area (Å²) in [6.07, 6.45) is -0.416. The average Bonchev–Trinajstić information content (AvgIpc) is 3.33. The molecule has 2 aromatic carbocycles. The molecule has 0 aliphatic carbocycles. The van der Waals surface area contributed by atoms with Crippen molar-refractivity contribution in [2.75, 3.05) is 11.9 Å². The summed E-state index contributed by atoms with van der Waals surface area (Å²) in [4.78, 5) is 41.4. The second-order valence-corrected chi connectivity index (χ2v) is 8.87. The highest BCUT2D eigenvalue weighted by Crippen LogP contribution is 2.53. The summed E-state index contributed by atoms with van der Waals surface area (Å²) in [7, 11) is 0. The third kappa shape index (κ3) is 2.84. The van der Waals surface area contributed by atoms with E-state index in [2.05, 4.69) is 10.6 Å². The van der Waals surface area contributed by atoms with Crippen LogP contribution >= 0.6 is 11.6 Å². The molecule has 5 atom stereocenters. The molecule has 0 aromatic heterocycles. The minimum absolute atomic E-state index is 0.224. The van der Waals surface area contributed by atoms with E-state index in [1.165, 1.54) is 4.90 Å². The van der Waals surface area contributed by atoms with Gasteiger partial charge < -0.3 is 10.4 Å². The molecule has 3 aliphatic heterocycles. The van der Waals surface area contributed by atoms with Gasteiger partial charge >= 0.3 is 0 Å². The number of likely N-dealkylation sites (tertiary alicyclic amines) is 1. The number of benzene rings is 2. The number of carbonyl (C=O) groups is 3. The van der Waals surface area contributed by atoms with Crippen LogP contribution in [-0.2, 0) is 26.3 Å². The molecule has 2 saturated heterocycles. The Balaban J connectivity index is 1.55. The third-order valence-electron chi connectivity index (χ3n) is 6.69. The second kappa shape index (κ2) is 7.15. The summed E-state index contributed by atoms with van der Waals surface area (Å²) in [6.45, 7) is 1.78. The quantitative estimate of drug-likeness (QED) is 0.630. The molecule has 3 amide bonds. The molecule has 7 nitrogen and oxygen atoms in total. The summed E-state index contributed by atoms with van der Waals surface area (Å²) in [6, 6.07) is 13.9. The largest absolute Gasteiger partial charge is 0.392 e. The summed E-state index contributed by atoms with van der Waals surface area (Å²) in [5, 5.41) is 16.8. The van der Waals surface area contributed by atoms with Crippen molar-refractivity contribution in [3.05, 3.63) is 64.7 Å². The van der Waals surface area contributed by atoms with Crippen LogP contribution in [0, 0.1) is 11.8 Å². The molecule has 31 heavy (non-hydrogen) atoms. The molecule has 2 aromatic rings. The number of anilines is 1. The number of nitrogens with zero attached hydrogens (tertiary/aromatic N) is 1. The van der Waals surface area contributed by atoms with Gasteiger partial charge in [0.15, 0.2) is 0 Å². The molecule has 8 heteroatoms. The number of hydrogen-bond donors (Lipinski definition) is 3. The van der Waals surface area contributed by atoms with Crippen LogP contribution in [0.3, 0.4) is 0 Å². The molecule has 0 saturated carbocycles. The summed E-state index contributed by atoms with van der Waals surface area (Å²) >= 11 is 6.21. The van der Waals surface area contributed by atoms with Crippen molar-refractivity contribution < 1.29 is 19.5 Å². The Bertz CT molecular complexity index is 1090. The minimum atomic E-state index is -1.44. The molecule has 5 unspecified atom stereocenters. The van der Waals surface area contributed by atoms with Crippen LogP contribution in [0.5, 0.6) is 0 Å². The van der Waals surface area contributed by atoms with E-state index in [-0.39, 0.29) is 12.5 Å². The summed E-state index contributed by atoms with van der Waals surface area (Å²) in [5.74, 6) is -2.95. The zero-order chi connectivity index (χ0) is 21.9. The Labute approximate surface area is 184 Å². The lowest BCUT2D eigenvalue weighted by atomic mass is 9.76. The lowest BCUT2D eigenvalue weighted by Gasteiger charge is -2.30. The lowest BCUT2D eigenvalue weighted by Crippen LogP contribution is -2.55. The molecule has 0 radical (unpaired) electrons. The van der Waals surface area contributed by atoms with E-state index in [0.717, 1.165) is 5.56 Å². The van der Waals surface area contributed by atoms with E-state index in [1.54, 1.807) is 25.1 Å². The maximum absolute atomic E-state index is 13.6. The zero-order valence-electron chi connectivity index (χ0n) is 16.8. The van der Waals surface area contributed by atoms with Crippen molar-refractivity contribution >= 4 is 35.0 Å². The van der Waals surface area contributed by atoms with Crippen LogP contribution in [0.25, 0.3) is 0 Å². The number of aliphatic hydroxyl groups excluding tert-OH is 1. The van der Waals surface area contributed by atoms with Crippen LogP contribution in [0.2, 0.25) is 5.02 Å². The van der Waals surface area contributed by atoms with Gasteiger partial charge in [-0.05, 0) is 37.1 Å². The Morgan fingerprint density at radius 1 is 1.13 bits per heavy atom. The van der Waals surface area contributed by atoms with Crippen molar-refractivity contribution in [3.8, 4) is 0 Å². The van der Waals surface area contributed by atoms with Gasteiger partial charge in [-0.2, -0.15) is 0 Å². The summed E-state index contributed by atoms with van der Waals surface area (Å²) in [5.41, 5.74) is 0.653. The van der Waals surface area contributed by atoms with Gasteiger partial charge in [0, 0.05) is 28.9 Å². The highest BCUT2D eigenvalue weighted by molar-refractivity contribution is 6.31. The predicted octanol–water partition coefficient (Wildman–Crippen LogP) is 1.68. The first-order chi connectivity index (χ1) is 14.8. The third-order valence-corrected chi connectivity index (χ3v) is 6.92. The number of rotatable bonds is 4. The van der Waals surface area contributed by atoms with E-state index in [9.17, 15) is 19.5 Å². The smallest absolute Gasteiger partial charge is 0.250 e. The number of nitrogens with one attached hydrogen (secondary N) is 2. The van der Waals surface area contributed by atoms with E-state index in [1.807, 2.05) is 30.3 Å². The minimum Gasteiger partial charge on any atom is -0.392 e. The molecule has 160 valence electrons. The fourth-order valence-electron chi connectivity index (χ4n) is 5.28. The Kier molecular flexibility index (Phi) is 4.66. The van der Waals surface area contributed by atoms with E-state index >= 15 is 0 Å². The Hall–Kier alpha value is -2.74. The normalized spacial score (nSPS) is 30.0. The first-order valence-electron chi connectivity index (χ1n) is 10.3. The highest BCUT2D eigenvalue weighted by Gasteiger charge is 2.71. The predicted molar refractivity (Wildman–Crippen MR) is 114 cm³/mol. The van der Waals surface area contributed by atoms with Gasteiger partial charge in [0.05, 0.1) is 17.9 Å². The van der Waals surface area contributed by atoms with Gasteiger partial charge in [-0.15, -0.1) is 0 Å². The van der Waals surface area contributed by atoms with E-state index in [0.29, 0.717) is 22.7 Å². The molecule has 3 heterocycles. The molecule has 2 fully saturated rings. The van der Waals surface area contributed by atoms with Crippen LogP contribution < -0.4 is 10.6 Å². The maximum Gasteiger partial charge on any atom is 0.250 e. The fourth-order valence-corrected chi connectivity index (χ4v) is 5.46. The second-order valence-electron chi connectivity index (χ2n) is 8.43. The Morgan fingerprint density at radius 2 is 1.87 bits per heavy atom. The molecular formula is C23H22ClN3O4. The zero-order valence-corrected chi connectivity index (χ0v) is 17.6. The first-order valence-corrected chi connectivity index (χ1v) is 10.7. The standard InChI is InChI=1S/C23H22ClN3O4/c1-12(28)19-17-18(21(30)27(20(17)29)10-9-13-5-3-2-4-6-13)23(26-19)15-11-14(24)7-8-16(15)25-22(23)31/h2-8,11-12,17-19,26,28H,9-10H2,1H3,(H,25,31). The van der Waals surface area contributed by atoms with E-state index in [4.69, 9.17) is 11.6 Å². The van der Waals surface area contributed by atoms with Gasteiger partial charge in [0.1, 0.15) is 5.54 Å². The van der Waals surface area contributed by atoms with Gasteiger partial charge in [0.2, 0.25) is 17.7 Å². The molecule has 3 N–H and O–H groups in total. The van der Waals surface area contributed by atoms with Gasteiger partial charge in [-0.3, -0.25) is 24.6 Å². The number of halogens is 1. The van der Waals surface area contributed by atoms with Crippen molar-refractivity contribution in [2.45, 2.75) is 31.0 Å². The van der Waals surface area contributed by atoms with Gasteiger partial charge in [0.25, 0.3) is 0 Å². The first kappa shape index (κ1) is 20.2. The number of aliphatic hydroxyl groups is 1. The topological polar surface area (TPSA) is 98.7 Å². The molecular weight excluding hydrogens is 418 g/mol. The number of amides is 3. The number of fused-ring (bicyclic) bond motifs is 4. The SMILES string of the molecule is CC(O)C1NC2(C(=O)Nc3ccc(Cl)cc32)C2C(=O)N(CCc3ccccc3)C(=O)C12. The number of carbonyl (C=O) groups excluding carboxylic acids is 3. The van der Waals surface area contributed by atoms with Crippen LogP contribution in [0.1, 0.15) is 18.1 Å². The molecule has 3 aliphatic rings. The van der Waals surface area contributed by atoms with Gasteiger partial charge in [-0.1, -0.05) is 41.9 Å². The van der Waals surface area contributed by atoms with Crippen molar-refractivity contribution in [3.63, 3.8) is 0 Å². The average molecular weight is 440 g/mol. The fraction of sp³-hybridized carbons (Fsp3) is 0.348. The van der Waals surface area contributed by atoms with Crippen molar-refractivity contribution in [2.24, 2.45) is 11.8 Å². The Morgan fingerprint density at radius 3 is 2.58 bits per heavy atom. The number of hydrogen-bond acceptors (Lipinski definition) is 5. The summed E-state index contributed by atoms with van der Waals surface area (Å²) < 4.78 is 0. The molecule has 1 spiro atoms. The van der Waals surface area contributed by atoms with Crippen LogP contribution in [0.4, 0.5) is 5.69 Å². The monoisotopic (exact) mass is 439 g/mol. The molecule has 5 rings (SSSR count). The molecule has 0 bridgehead atoms. The van der Waals surface area contributed by atoms with E-state index < -0.39 is 41.3 Å². The highest BCUT2D eigenvalue weighted by atomic mass is 35.5. The van der Waals surface area contributed by atoms with Gasteiger partial charge in [-0.25, -0.2) is 0 Å². The maximum atomic E-state index is 13.6. The van der Waals surface area contributed by atoms with Crippen molar-refractivity contribution in [1.29, 1.82) is 0 Å².